The molecule has 146 valence electrons. The minimum Gasteiger partial charge on any atom is -0.497 e. The van der Waals surface area contributed by atoms with Crippen molar-refractivity contribution in [1.29, 1.82) is 0 Å². The number of hydrogen-bond acceptors (Lipinski definition) is 5. The van der Waals surface area contributed by atoms with E-state index in [9.17, 15) is 4.79 Å². The van der Waals surface area contributed by atoms with Gasteiger partial charge in [-0.2, -0.15) is 0 Å². The molecule has 0 atom stereocenters. The predicted octanol–water partition coefficient (Wildman–Crippen LogP) is 2.70. The number of amides is 1. The van der Waals surface area contributed by atoms with Crippen LogP contribution in [0.1, 0.15) is 61.6 Å². The first kappa shape index (κ1) is 19.4. The lowest BCUT2D eigenvalue weighted by molar-refractivity contribution is 0.0938. The van der Waals surface area contributed by atoms with Crippen LogP contribution in [0.2, 0.25) is 0 Å². The molecule has 1 aromatic heterocycles. The maximum atomic E-state index is 12.0. The van der Waals surface area contributed by atoms with Crippen molar-refractivity contribution < 1.29 is 9.53 Å². The second-order valence-electron chi connectivity index (χ2n) is 7.45. The number of hydrogen-bond donors (Lipinski definition) is 2. The Bertz CT molecular complexity index is 733. The predicted molar refractivity (Wildman–Crippen MR) is 104 cm³/mol. The highest BCUT2D eigenvalue weighted by Crippen LogP contribution is 2.28. The first-order chi connectivity index (χ1) is 13.0. The van der Waals surface area contributed by atoms with Crippen LogP contribution in [0.5, 0.6) is 5.75 Å². The van der Waals surface area contributed by atoms with Crippen LogP contribution in [0.3, 0.4) is 0 Å². The van der Waals surface area contributed by atoms with Crippen LogP contribution in [0.4, 0.5) is 0 Å². The fourth-order valence-electron chi connectivity index (χ4n) is 3.45. The Kier molecular flexibility index (Phi) is 6.45. The number of benzene rings is 1. The van der Waals surface area contributed by atoms with Gasteiger partial charge < -0.3 is 15.4 Å². The summed E-state index contributed by atoms with van der Waals surface area (Å²) in [4.78, 5) is 12.0. The number of ether oxygens (including phenoxy) is 1. The summed E-state index contributed by atoms with van der Waals surface area (Å²) >= 11 is 0. The number of methoxy groups -OCH3 is 1. The molecule has 2 aromatic rings. The van der Waals surface area contributed by atoms with Gasteiger partial charge in [0.1, 0.15) is 5.75 Å². The van der Waals surface area contributed by atoms with Gasteiger partial charge in [0.05, 0.1) is 19.3 Å². The first-order valence-electron chi connectivity index (χ1n) is 9.64. The lowest BCUT2D eigenvalue weighted by Gasteiger charge is -2.29. The number of carbonyl (C=O) groups excluding carboxylic acids is 1. The number of carbonyl (C=O) groups is 1. The van der Waals surface area contributed by atoms with E-state index in [0.717, 1.165) is 38.0 Å². The van der Waals surface area contributed by atoms with Crippen molar-refractivity contribution in [3.8, 4) is 5.75 Å². The van der Waals surface area contributed by atoms with Crippen LogP contribution in [0, 0.1) is 0 Å². The van der Waals surface area contributed by atoms with Gasteiger partial charge in [-0.15, -0.1) is 5.10 Å². The normalized spacial score (nSPS) is 19.9. The van der Waals surface area contributed by atoms with E-state index in [4.69, 9.17) is 4.74 Å². The minimum atomic E-state index is -0.161. The Morgan fingerprint density at radius 2 is 1.93 bits per heavy atom. The van der Waals surface area contributed by atoms with E-state index in [1.54, 1.807) is 13.3 Å². The van der Waals surface area contributed by atoms with E-state index in [1.807, 2.05) is 30.7 Å². The summed E-state index contributed by atoms with van der Waals surface area (Å²) in [5.41, 5.74) is 1.65. The average Bonchev–Trinajstić information content (AvgIpc) is 3.17. The van der Waals surface area contributed by atoms with Gasteiger partial charge >= 0.3 is 0 Å². The molecule has 0 spiro atoms. The van der Waals surface area contributed by atoms with Crippen LogP contribution < -0.4 is 15.4 Å². The molecule has 0 bridgehead atoms. The smallest absolute Gasteiger partial charge is 0.273 e. The zero-order chi connectivity index (χ0) is 19.2. The Balaban J connectivity index is 1.46. The highest BCUT2D eigenvalue weighted by molar-refractivity contribution is 5.91. The van der Waals surface area contributed by atoms with Crippen molar-refractivity contribution in [1.82, 2.24) is 25.6 Å². The maximum Gasteiger partial charge on any atom is 0.273 e. The molecule has 7 nitrogen and oxygen atoms in total. The summed E-state index contributed by atoms with van der Waals surface area (Å²) < 4.78 is 7.05. The van der Waals surface area contributed by atoms with Gasteiger partial charge in [-0.25, -0.2) is 4.68 Å². The quantitative estimate of drug-likeness (QED) is 0.782. The second kappa shape index (κ2) is 8.99. The summed E-state index contributed by atoms with van der Waals surface area (Å²) in [5, 5.41) is 14.7. The van der Waals surface area contributed by atoms with Crippen molar-refractivity contribution in [3.05, 3.63) is 41.7 Å². The van der Waals surface area contributed by atoms with Gasteiger partial charge in [0.25, 0.3) is 5.91 Å². The second-order valence-corrected chi connectivity index (χ2v) is 7.45. The van der Waals surface area contributed by atoms with E-state index in [-0.39, 0.29) is 11.9 Å². The Morgan fingerprint density at radius 1 is 1.22 bits per heavy atom. The van der Waals surface area contributed by atoms with E-state index in [2.05, 4.69) is 33.1 Å². The molecular formula is C20H29N5O2. The molecule has 0 saturated heterocycles. The summed E-state index contributed by atoms with van der Waals surface area (Å²) in [6.07, 6.45) is 6.03. The summed E-state index contributed by atoms with van der Waals surface area (Å²) in [7, 11) is 1.68. The molecule has 0 radical (unpaired) electrons. The zero-order valence-electron chi connectivity index (χ0n) is 16.3. The minimum absolute atomic E-state index is 0.0925. The van der Waals surface area contributed by atoms with Crippen molar-refractivity contribution in [2.24, 2.45) is 0 Å². The molecular weight excluding hydrogens is 342 g/mol. The summed E-state index contributed by atoms with van der Waals surface area (Å²) in [6.45, 7) is 4.73. The lowest BCUT2D eigenvalue weighted by atomic mass is 9.91. The van der Waals surface area contributed by atoms with Crippen molar-refractivity contribution in [2.45, 2.75) is 64.2 Å². The number of rotatable bonds is 7. The van der Waals surface area contributed by atoms with E-state index >= 15 is 0 Å². The van der Waals surface area contributed by atoms with Gasteiger partial charge in [-0.05, 0) is 57.2 Å². The molecule has 0 aliphatic heterocycles. The average molecular weight is 371 g/mol. The van der Waals surface area contributed by atoms with E-state index in [1.165, 1.54) is 5.56 Å². The van der Waals surface area contributed by atoms with E-state index < -0.39 is 0 Å². The van der Waals surface area contributed by atoms with E-state index in [0.29, 0.717) is 17.8 Å². The topological polar surface area (TPSA) is 81.1 Å². The number of nitrogens with zero attached hydrogens (tertiary/aromatic N) is 3. The SMILES string of the molecule is COc1ccc(CNC2CCC(n3cc(C(=O)NC(C)C)nn3)CC2)cc1. The van der Waals surface area contributed by atoms with Gasteiger partial charge in [0.2, 0.25) is 0 Å². The maximum absolute atomic E-state index is 12.0. The van der Waals surface area contributed by atoms with Crippen molar-refractivity contribution >= 4 is 5.91 Å². The zero-order valence-corrected chi connectivity index (χ0v) is 16.3. The highest BCUT2D eigenvalue weighted by Gasteiger charge is 2.24. The fraction of sp³-hybridized carbons (Fsp3) is 0.550. The van der Waals surface area contributed by atoms with Gasteiger partial charge in [0.15, 0.2) is 5.69 Å². The Labute approximate surface area is 160 Å². The summed E-state index contributed by atoms with van der Waals surface area (Å²) in [5.74, 6) is 0.722. The van der Waals surface area contributed by atoms with Gasteiger partial charge in [-0.3, -0.25) is 4.79 Å². The fourth-order valence-corrected chi connectivity index (χ4v) is 3.45. The molecule has 7 heteroatoms. The third kappa shape index (κ3) is 5.29. The number of aromatic nitrogens is 3. The van der Waals surface area contributed by atoms with Gasteiger partial charge in [0, 0.05) is 18.6 Å². The molecule has 1 fully saturated rings. The lowest BCUT2D eigenvalue weighted by Crippen LogP contribution is -2.33. The first-order valence-corrected chi connectivity index (χ1v) is 9.64. The monoisotopic (exact) mass is 371 g/mol. The molecule has 1 amide bonds. The molecule has 1 heterocycles. The molecule has 0 unspecified atom stereocenters. The molecule has 3 rings (SSSR count). The van der Waals surface area contributed by atoms with Crippen LogP contribution in [-0.4, -0.2) is 40.1 Å². The highest BCUT2D eigenvalue weighted by atomic mass is 16.5. The Hall–Kier alpha value is -2.41. The number of nitrogens with one attached hydrogen (secondary N) is 2. The third-order valence-electron chi connectivity index (χ3n) is 4.99. The van der Waals surface area contributed by atoms with Gasteiger partial charge in [-0.1, -0.05) is 17.3 Å². The van der Waals surface area contributed by atoms with Crippen LogP contribution >= 0.6 is 0 Å². The summed E-state index contributed by atoms with van der Waals surface area (Å²) in [6, 6.07) is 9.09. The molecule has 1 aromatic carbocycles. The van der Waals surface area contributed by atoms with Crippen LogP contribution in [0.25, 0.3) is 0 Å². The van der Waals surface area contributed by atoms with Crippen LogP contribution in [-0.2, 0) is 6.54 Å². The molecule has 2 N–H and O–H groups in total. The van der Waals surface area contributed by atoms with Crippen molar-refractivity contribution in [2.75, 3.05) is 7.11 Å². The molecule has 1 saturated carbocycles. The largest absolute Gasteiger partial charge is 0.497 e. The van der Waals surface area contributed by atoms with Crippen LogP contribution in [0.15, 0.2) is 30.5 Å². The van der Waals surface area contributed by atoms with Crippen molar-refractivity contribution in [3.63, 3.8) is 0 Å². The molecule has 27 heavy (non-hydrogen) atoms. The standard InChI is InChI=1S/C20H29N5O2/c1-14(2)22-20(26)19-13-25(24-23-19)17-8-6-16(7-9-17)21-12-15-4-10-18(27-3)11-5-15/h4-5,10-11,13-14,16-17,21H,6-9,12H2,1-3H3,(H,22,26). The Morgan fingerprint density at radius 3 is 2.56 bits per heavy atom. The third-order valence-corrected chi connectivity index (χ3v) is 4.99. The molecule has 1 aliphatic rings. The molecule has 1 aliphatic carbocycles.